The molecule has 3 N–H and O–H groups in total. The third-order valence-electron chi connectivity index (χ3n) is 1.78. The highest BCUT2D eigenvalue weighted by atomic mass is 79.9. The van der Waals surface area contributed by atoms with Crippen molar-refractivity contribution in [1.82, 2.24) is 4.72 Å². The molecule has 0 amide bonds. The molecule has 1 aromatic rings. The average molecular weight is 328 g/mol. The van der Waals surface area contributed by atoms with Crippen LogP contribution in [-0.4, -0.2) is 21.0 Å². The number of rotatable bonds is 4. The third kappa shape index (κ3) is 3.71. The summed E-state index contributed by atoms with van der Waals surface area (Å²) in [4.78, 5) is 0.0537. The van der Waals surface area contributed by atoms with Crippen LogP contribution in [0.2, 0.25) is 5.02 Å². The van der Waals surface area contributed by atoms with Crippen LogP contribution >= 0.6 is 27.5 Å². The zero-order valence-electron chi connectivity index (χ0n) is 8.57. The maximum Gasteiger partial charge on any atom is 0.242 e. The first-order valence-electron chi connectivity index (χ1n) is 4.53. The van der Waals surface area contributed by atoms with Crippen LogP contribution in [-0.2, 0) is 10.0 Å². The summed E-state index contributed by atoms with van der Waals surface area (Å²) in [5, 5.41) is 0.173. The molecular formula is C9H12BrClN2O2S. The number of nitrogens with two attached hydrogens (primary N) is 1. The van der Waals surface area contributed by atoms with Crippen LogP contribution in [0.15, 0.2) is 27.6 Å². The smallest absolute Gasteiger partial charge is 0.242 e. The minimum atomic E-state index is -3.59. The monoisotopic (exact) mass is 326 g/mol. The summed E-state index contributed by atoms with van der Waals surface area (Å²) in [5.41, 5.74) is 5.47. The minimum absolute atomic E-state index is 0.0537. The highest BCUT2D eigenvalue weighted by Crippen LogP contribution is 2.24. The van der Waals surface area contributed by atoms with Gasteiger partial charge < -0.3 is 5.73 Å². The molecule has 90 valence electrons. The fourth-order valence-electron chi connectivity index (χ4n) is 1.01. The van der Waals surface area contributed by atoms with Gasteiger partial charge in [0.15, 0.2) is 0 Å². The molecule has 0 fully saturated rings. The van der Waals surface area contributed by atoms with Crippen molar-refractivity contribution in [2.45, 2.75) is 17.9 Å². The molecule has 1 rings (SSSR count). The van der Waals surface area contributed by atoms with Crippen molar-refractivity contribution in [3.63, 3.8) is 0 Å². The molecule has 0 aliphatic carbocycles. The van der Waals surface area contributed by atoms with Gasteiger partial charge in [0.1, 0.15) is 4.90 Å². The zero-order chi connectivity index (χ0) is 12.3. The largest absolute Gasteiger partial charge is 0.327 e. The maximum atomic E-state index is 11.8. The van der Waals surface area contributed by atoms with Crippen LogP contribution in [0.4, 0.5) is 0 Å². The second-order valence-corrected chi connectivity index (χ2v) is 6.46. The summed E-state index contributed by atoms with van der Waals surface area (Å²) < 4.78 is 26.7. The summed E-state index contributed by atoms with van der Waals surface area (Å²) in [6.07, 6.45) is 0. The van der Waals surface area contributed by atoms with E-state index in [2.05, 4.69) is 20.7 Å². The molecule has 0 aromatic heterocycles. The fraction of sp³-hybridized carbons (Fsp3) is 0.333. The van der Waals surface area contributed by atoms with Gasteiger partial charge in [0, 0.05) is 17.1 Å². The molecule has 0 spiro atoms. The van der Waals surface area contributed by atoms with Gasteiger partial charge in [0.05, 0.1) is 5.02 Å². The van der Waals surface area contributed by atoms with Crippen LogP contribution in [0.5, 0.6) is 0 Å². The Labute approximate surface area is 108 Å². The first kappa shape index (κ1) is 13.9. The van der Waals surface area contributed by atoms with Crippen molar-refractivity contribution in [1.29, 1.82) is 0 Å². The number of hydrogen-bond donors (Lipinski definition) is 2. The molecule has 1 atom stereocenters. The standard InChI is InChI=1S/C9H12BrClN2O2S/c1-6(12)5-13-16(14,15)9-3-2-7(10)4-8(9)11/h2-4,6,13H,5,12H2,1H3. The number of benzene rings is 1. The molecular weight excluding hydrogens is 316 g/mol. The summed E-state index contributed by atoms with van der Waals surface area (Å²) >= 11 is 9.05. The van der Waals surface area contributed by atoms with Crippen molar-refractivity contribution in [3.05, 3.63) is 27.7 Å². The van der Waals surface area contributed by atoms with Gasteiger partial charge in [-0.3, -0.25) is 0 Å². The number of hydrogen-bond acceptors (Lipinski definition) is 3. The van der Waals surface area contributed by atoms with E-state index < -0.39 is 10.0 Å². The Morgan fingerprint density at radius 1 is 1.56 bits per heavy atom. The Hall–Kier alpha value is -0.140. The van der Waals surface area contributed by atoms with Gasteiger partial charge in [-0.25, -0.2) is 13.1 Å². The van der Waals surface area contributed by atoms with E-state index in [-0.39, 0.29) is 22.5 Å². The zero-order valence-corrected chi connectivity index (χ0v) is 11.7. The molecule has 0 radical (unpaired) electrons. The van der Waals surface area contributed by atoms with Gasteiger partial charge in [-0.1, -0.05) is 27.5 Å². The van der Waals surface area contributed by atoms with Crippen LogP contribution in [0.25, 0.3) is 0 Å². The van der Waals surface area contributed by atoms with Crippen molar-refractivity contribution in [2.75, 3.05) is 6.54 Å². The Kier molecular flexibility index (Phi) is 4.75. The SMILES string of the molecule is CC(N)CNS(=O)(=O)c1ccc(Br)cc1Cl. The highest BCUT2D eigenvalue weighted by molar-refractivity contribution is 9.10. The molecule has 0 aliphatic rings. The Bertz CT molecular complexity index is 476. The lowest BCUT2D eigenvalue weighted by Crippen LogP contribution is -2.35. The number of nitrogens with one attached hydrogen (secondary N) is 1. The average Bonchev–Trinajstić information content (AvgIpc) is 2.14. The number of sulfonamides is 1. The van der Waals surface area contributed by atoms with Gasteiger partial charge in [-0.05, 0) is 25.1 Å². The first-order chi connectivity index (χ1) is 7.33. The van der Waals surface area contributed by atoms with Crippen molar-refractivity contribution >= 4 is 37.6 Å². The predicted molar refractivity (Wildman–Crippen MR) is 68.0 cm³/mol. The summed E-state index contributed by atoms with van der Waals surface area (Å²) in [5.74, 6) is 0. The van der Waals surface area contributed by atoms with Gasteiger partial charge in [-0.15, -0.1) is 0 Å². The quantitative estimate of drug-likeness (QED) is 0.884. The lowest BCUT2D eigenvalue weighted by atomic mass is 10.4. The van der Waals surface area contributed by atoms with Crippen molar-refractivity contribution in [2.24, 2.45) is 5.73 Å². The second-order valence-electron chi connectivity index (χ2n) is 3.40. The lowest BCUT2D eigenvalue weighted by Gasteiger charge is -2.10. The summed E-state index contributed by atoms with van der Waals surface area (Å²) in [7, 11) is -3.59. The van der Waals surface area contributed by atoms with E-state index in [1.165, 1.54) is 12.1 Å². The van der Waals surface area contributed by atoms with Gasteiger partial charge >= 0.3 is 0 Å². The van der Waals surface area contributed by atoms with Crippen molar-refractivity contribution < 1.29 is 8.42 Å². The maximum absolute atomic E-state index is 11.8. The normalized spacial score (nSPS) is 13.8. The molecule has 1 unspecified atom stereocenters. The summed E-state index contributed by atoms with van der Waals surface area (Å²) in [6, 6.07) is 4.34. The molecule has 7 heteroatoms. The first-order valence-corrected chi connectivity index (χ1v) is 7.18. The molecule has 16 heavy (non-hydrogen) atoms. The molecule has 0 saturated heterocycles. The topological polar surface area (TPSA) is 72.2 Å². The van der Waals surface area contributed by atoms with Crippen LogP contribution in [0.1, 0.15) is 6.92 Å². The van der Waals surface area contributed by atoms with E-state index in [1.807, 2.05) is 0 Å². The highest BCUT2D eigenvalue weighted by Gasteiger charge is 2.17. The van der Waals surface area contributed by atoms with E-state index >= 15 is 0 Å². The molecule has 0 saturated carbocycles. The van der Waals surface area contributed by atoms with E-state index in [1.54, 1.807) is 13.0 Å². The van der Waals surface area contributed by atoms with Gasteiger partial charge in [-0.2, -0.15) is 0 Å². The van der Waals surface area contributed by atoms with E-state index in [9.17, 15) is 8.42 Å². The lowest BCUT2D eigenvalue weighted by molar-refractivity contribution is 0.574. The predicted octanol–water partition coefficient (Wildman–Crippen LogP) is 1.73. The molecule has 0 aliphatic heterocycles. The number of halogens is 2. The third-order valence-corrected chi connectivity index (χ3v) is 4.18. The van der Waals surface area contributed by atoms with Crippen molar-refractivity contribution in [3.8, 4) is 0 Å². The van der Waals surface area contributed by atoms with Crippen LogP contribution in [0, 0.1) is 0 Å². The fourth-order valence-corrected chi connectivity index (χ4v) is 3.19. The summed E-state index contributed by atoms with van der Waals surface area (Å²) in [6.45, 7) is 1.89. The van der Waals surface area contributed by atoms with Crippen LogP contribution < -0.4 is 10.5 Å². The minimum Gasteiger partial charge on any atom is -0.327 e. The Balaban J connectivity index is 2.99. The van der Waals surface area contributed by atoms with E-state index in [0.29, 0.717) is 0 Å². The molecule has 0 heterocycles. The Morgan fingerprint density at radius 2 is 2.19 bits per heavy atom. The Morgan fingerprint density at radius 3 is 2.69 bits per heavy atom. The molecule has 4 nitrogen and oxygen atoms in total. The molecule has 1 aromatic carbocycles. The van der Waals surface area contributed by atoms with Gasteiger partial charge in [0.2, 0.25) is 10.0 Å². The molecule has 0 bridgehead atoms. The van der Waals surface area contributed by atoms with E-state index in [4.69, 9.17) is 17.3 Å². The van der Waals surface area contributed by atoms with E-state index in [0.717, 1.165) is 4.47 Å². The van der Waals surface area contributed by atoms with Gasteiger partial charge in [0.25, 0.3) is 0 Å². The van der Waals surface area contributed by atoms with Crippen LogP contribution in [0.3, 0.4) is 0 Å². The second kappa shape index (κ2) is 5.46.